The zero-order valence-electron chi connectivity index (χ0n) is 8.57. The molecule has 0 aliphatic carbocycles. The van der Waals surface area contributed by atoms with E-state index in [4.69, 9.17) is 11.6 Å². The van der Waals surface area contributed by atoms with Crippen LogP contribution in [0.4, 0.5) is 0 Å². The second-order valence-corrected chi connectivity index (χ2v) is 4.98. The molecule has 1 N–H and O–H groups in total. The number of alkyl halides is 1. The molecule has 0 spiro atoms. The number of halogens is 1. The van der Waals surface area contributed by atoms with E-state index in [9.17, 15) is 4.79 Å². The predicted octanol–water partition coefficient (Wildman–Crippen LogP) is 2.52. The summed E-state index contributed by atoms with van der Waals surface area (Å²) >= 11 is 7.24. The molecule has 2 nitrogen and oxygen atoms in total. The Bertz CT molecular complexity index is 303. The van der Waals surface area contributed by atoms with Gasteiger partial charge in [0.15, 0.2) is 0 Å². The van der Waals surface area contributed by atoms with E-state index in [1.165, 1.54) is 11.8 Å². The molecule has 0 bridgehead atoms. The van der Waals surface area contributed by atoms with Crippen LogP contribution in [0.2, 0.25) is 0 Å². The summed E-state index contributed by atoms with van der Waals surface area (Å²) in [4.78, 5) is 12.4. The third-order valence-corrected chi connectivity index (χ3v) is 2.86. The molecule has 0 fully saturated rings. The number of thioether (sulfide) groups is 1. The maximum atomic E-state index is 11.3. The Morgan fingerprint density at radius 1 is 1.47 bits per heavy atom. The normalized spacial score (nSPS) is 12.1. The van der Waals surface area contributed by atoms with Crippen molar-refractivity contribution in [2.75, 3.05) is 12.3 Å². The van der Waals surface area contributed by atoms with Gasteiger partial charge < -0.3 is 5.32 Å². The molecule has 1 amide bonds. The molecule has 0 heterocycles. The third-order valence-electron chi connectivity index (χ3n) is 1.69. The van der Waals surface area contributed by atoms with Crippen molar-refractivity contribution >= 4 is 29.3 Å². The van der Waals surface area contributed by atoms with Gasteiger partial charge in [-0.25, -0.2) is 0 Å². The topological polar surface area (TPSA) is 29.1 Å². The minimum atomic E-state index is -0.0179. The maximum absolute atomic E-state index is 11.3. The van der Waals surface area contributed by atoms with Crippen molar-refractivity contribution in [3.05, 3.63) is 30.3 Å². The first-order valence-corrected chi connectivity index (χ1v) is 6.19. The summed E-state index contributed by atoms with van der Waals surface area (Å²) in [5, 5.41) is 2.74. The lowest BCUT2D eigenvalue weighted by molar-refractivity contribution is -0.118. The molecule has 1 unspecified atom stereocenters. The van der Waals surface area contributed by atoms with Gasteiger partial charge in [0, 0.05) is 16.8 Å². The number of benzene rings is 1. The fourth-order valence-corrected chi connectivity index (χ4v) is 1.80. The second-order valence-electron chi connectivity index (χ2n) is 3.19. The largest absolute Gasteiger partial charge is 0.354 e. The zero-order valence-corrected chi connectivity index (χ0v) is 10.1. The highest BCUT2D eigenvalue weighted by Crippen LogP contribution is 2.16. The number of carbonyl (C=O) groups is 1. The van der Waals surface area contributed by atoms with E-state index in [1.54, 1.807) is 0 Å². The van der Waals surface area contributed by atoms with E-state index in [-0.39, 0.29) is 11.3 Å². The van der Waals surface area contributed by atoms with E-state index in [1.807, 2.05) is 37.3 Å². The Morgan fingerprint density at radius 2 is 2.13 bits per heavy atom. The first-order chi connectivity index (χ1) is 7.18. The van der Waals surface area contributed by atoms with Crippen LogP contribution in [0.25, 0.3) is 0 Å². The van der Waals surface area contributed by atoms with Crippen LogP contribution in [0.1, 0.15) is 6.92 Å². The highest BCUT2D eigenvalue weighted by molar-refractivity contribution is 8.00. The van der Waals surface area contributed by atoms with Crippen molar-refractivity contribution < 1.29 is 4.79 Å². The van der Waals surface area contributed by atoms with Crippen molar-refractivity contribution in [2.45, 2.75) is 17.2 Å². The van der Waals surface area contributed by atoms with E-state index >= 15 is 0 Å². The number of carbonyl (C=O) groups excluding carboxylic acids is 1. The molecule has 0 aliphatic rings. The van der Waals surface area contributed by atoms with Crippen LogP contribution in [0.15, 0.2) is 35.2 Å². The molecule has 1 aromatic rings. The lowest BCUT2D eigenvalue weighted by atomic mass is 10.4. The van der Waals surface area contributed by atoms with E-state index in [2.05, 4.69) is 5.32 Å². The third kappa shape index (κ3) is 5.70. The number of nitrogens with one attached hydrogen (secondary N) is 1. The van der Waals surface area contributed by atoms with Gasteiger partial charge in [0.1, 0.15) is 0 Å². The first kappa shape index (κ1) is 12.4. The minimum Gasteiger partial charge on any atom is -0.354 e. The Morgan fingerprint density at radius 3 is 2.73 bits per heavy atom. The van der Waals surface area contributed by atoms with Gasteiger partial charge in [-0.05, 0) is 19.1 Å². The number of amides is 1. The summed E-state index contributed by atoms with van der Waals surface area (Å²) < 4.78 is 0. The van der Waals surface area contributed by atoms with Crippen molar-refractivity contribution in [2.24, 2.45) is 0 Å². The first-order valence-electron chi connectivity index (χ1n) is 4.77. The molecule has 0 aromatic heterocycles. The van der Waals surface area contributed by atoms with Gasteiger partial charge in [-0.1, -0.05) is 18.2 Å². The summed E-state index contributed by atoms with van der Waals surface area (Å²) in [5.41, 5.74) is 0. The Labute approximate surface area is 99.4 Å². The standard InChI is InChI=1S/C11H14ClNOS/c1-9(12)7-13-11(14)8-15-10-5-3-2-4-6-10/h2-6,9H,7-8H2,1H3,(H,13,14). The summed E-state index contributed by atoms with van der Waals surface area (Å²) in [6.45, 7) is 2.38. The lowest BCUT2D eigenvalue weighted by Gasteiger charge is -2.05. The molecule has 0 saturated carbocycles. The fraction of sp³-hybridized carbons (Fsp3) is 0.364. The Balaban J connectivity index is 2.23. The Kier molecular flexibility index (Phi) is 5.58. The molecule has 1 aromatic carbocycles. The van der Waals surface area contributed by atoms with Gasteiger partial charge >= 0.3 is 0 Å². The van der Waals surface area contributed by atoms with Crippen LogP contribution in [0, 0.1) is 0 Å². The fourth-order valence-electron chi connectivity index (χ4n) is 0.971. The van der Waals surface area contributed by atoms with Gasteiger partial charge in [-0.2, -0.15) is 0 Å². The minimum absolute atomic E-state index is 0.0179. The molecule has 0 radical (unpaired) electrons. The second kappa shape index (κ2) is 6.75. The summed E-state index contributed by atoms with van der Waals surface area (Å²) in [5.74, 6) is 0.463. The van der Waals surface area contributed by atoms with Crippen molar-refractivity contribution in [3.8, 4) is 0 Å². The van der Waals surface area contributed by atoms with Crippen LogP contribution in [0.3, 0.4) is 0 Å². The molecular formula is C11H14ClNOS. The van der Waals surface area contributed by atoms with Crippen LogP contribution < -0.4 is 5.32 Å². The number of hydrogen-bond donors (Lipinski definition) is 1. The highest BCUT2D eigenvalue weighted by Gasteiger charge is 2.03. The number of hydrogen-bond acceptors (Lipinski definition) is 2. The molecule has 1 rings (SSSR count). The molecule has 0 saturated heterocycles. The Hall–Kier alpha value is -0.670. The van der Waals surface area contributed by atoms with Crippen molar-refractivity contribution in [1.29, 1.82) is 0 Å². The molecular weight excluding hydrogens is 230 g/mol. The smallest absolute Gasteiger partial charge is 0.230 e. The van der Waals surface area contributed by atoms with Crippen LogP contribution in [-0.2, 0) is 4.79 Å². The van der Waals surface area contributed by atoms with Gasteiger partial charge in [0.2, 0.25) is 5.91 Å². The van der Waals surface area contributed by atoms with Crippen molar-refractivity contribution in [1.82, 2.24) is 5.32 Å². The quantitative estimate of drug-likeness (QED) is 0.636. The lowest BCUT2D eigenvalue weighted by Crippen LogP contribution is -2.29. The monoisotopic (exact) mass is 243 g/mol. The van der Waals surface area contributed by atoms with Crippen LogP contribution in [0.5, 0.6) is 0 Å². The molecule has 0 aliphatic heterocycles. The summed E-state index contributed by atoms with van der Waals surface area (Å²) in [7, 11) is 0. The van der Waals surface area contributed by atoms with E-state index < -0.39 is 0 Å². The van der Waals surface area contributed by atoms with Crippen LogP contribution >= 0.6 is 23.4 Å². The van der Waals surface area contributed by atoms with Gasteiger partial charge in [-0.15, -0.1) is 23.4 Å². The van der Waals surface area contributed by atoms with Gasteiger partial charge in [0.05, 0.1) is 5.75 Å². The van der Waals surface area contributed by atoms with E-state index in [0.29, 0.717) is 12.3 Å². The van der Waals surface area contributed by atoms with E-state index in [0.717, 1.165) is 4.90 Å². The molecule has 4 heteroatoms. The van der Waals surface area contributed by atoms with Gasteiger partial charge in [0.25, 0.3) is 0 Å². The predicted molar refractivity (Wildman–Crippen MR) is 65.5 cm³/mol. The zero-order chi connectivity index (χ0) is 11.1. The molecule has 82 valence electrons. The average molecular weight is 244 g/mol. The van der Waals surface area contributed by atoms with Gasteiger partial charge in [-0.3, -0.25) is 4.79 Å². The molecule has 15 heavy (non-hydrogen) atoms. The van der Waals surface area contributed by atoms with Crippen molar-refractivity contribution in [3.63, 3.8) is 0 Å². The summed E-state index contributed by atoms with van der Waals surface area (Å²) in [6.07, 6.45) is 0. The average Bonchev–Trinajstić information content (AvgIpc) is 2.25. The highest BCUT2D eigenvalue weighted by atomic mass is 35.5. The summed E-state index contributed by atoms with van der Waals surface area (Å²) in [6, 6.07) is 9.85. The molecule has 1 atom stereocenters. The SMILES string of the molecule is CC(Cl)CNC(=O)CSc1ccccc1. The number of rotatable bonds is 5. The maximum Gasteiger partial charge on any atom is 0.230 e. The van der Waals surface area contributed by atoms with Crippen LogP contribution in [-0.4, -0.2) is 23.6 Å².